The fraction of sp³-hybridized carbons (Fsp3) is 0.556. The van der Waals surface area contributed by atoms with Crippen molar-refractivity contribution >= 4 is 12.0 Å². The van der Waals surface area contributed by atoms with Gasteiger partial charge in [0.2, 0.25) is 0 Å². The number of aliphatic carboxylic acids is 1. The molecule has 0 aliphatic heterocycles. The highest BCUT2D eigenvalue weighted by Gasteiger charge is 2.20. The molecule has 0 aromatic carbocycles. The van der Waals surface area contributed by atoms with Gasteiger partial charge in [0.25, 0.3) is 0 Å². The number of carbonyl (C=O) groups is 2. The summed E-state index contributed by atoms with van der Waals surface area (Å²) in [6.07, 6.45) is 0. The predicted molar refractivity (Wildman–Crippen MR) is 54.5 cm³/mol. The molecule has 0 heterocycles. The molecule has 0 aliphatic carbocycles. The van der Waals surface area contributed by atoms with Crippen molar-refractivity contribution in [2.24, 2.45) is 0 Å². The molecule has 3 N–H and O–H groups in total. The summed E-state index contributed by atoms with van der Waals surface area (Å²) >= 11 is 0. The summed E-state index contributed by atoms with van der Waals surface area (Å²) in [6, 6.07) is -1.83. The SMILES string of the molecule is C=C(C)CN(C)C(=O)NC(CO)C(=O)O. The Hall–Kier alpha value is -1.56. The molecule has 2 amide bonds. The number of carboxylic acids is 1. The van der Waals surface area contributed by atoms with Gasteiger partial charge in [0.1, 0.15) is 0 Å². The molecule has 0 radical (unpaired) electrons. The number of hydrogen-bond donors (Lipinski definition) is 3. The molecular weight excluding hydrogens is 200 g/mol. The normalized spacial score (nSPS) is 11.7. The zero-order valence-corrected chi connectivity index (χ0v) is 8.86. The fourth-order valence-electron chi connectivity index (χ4n) is 0.921. The van der Waals surface area contributed by atoms with Crippen molar-refractivity contribution in [1.82, 2.24) is 10.2 Å². The summed E-state index contributed by atoms with van der Waals surface area (Å²) < 4.78 is 0. The summed E-state index contributed by atoms with van der Waals surface area (Å²) in [4.78, 5) is 23.1. The van der Waals surface area contributed by atoms with Gasteiger partial charge in [-0.3, -0.25) is 0 Å². The number of aliphatic hydroxyl groups is 1. The molecule has 1 unspecified atom stereocenters. The molecule has 0 rings (SSSR count). The topological polar surface area (TPSA) is 89.9 Å². The van der Waals surface area contributed by atoms with Crippen LogP contribution in [0.3, 0.4) is 0 Å². The van der Waals surface area contributed by atoms with Gasteiger partial charge >= 0.3 is 12.0 Å². The van der Waals surface area contributed by atoms with Crippen molar-refractivity contribution in [2.75, 3.05) is 20.2 Å². The van der Waals surface area contributed by atoms with E-state index in [2.05, 4.69) is 11.9 Å². The first kappa shape index (κ1) is 13.4. The Kier molecular flexibility index (Phi) is 5.40. The molecule has 0 aliphatic rings. The maximum Gasteiger partial charge on any atom is 0.328 e. The summed E-state index contributed by atoms with van der Waals surface area (Å²) in [7, 11) is 1.51. The van der Waals surface area contributed by atoms with E-state index in [9.17, 15) is 9.59 Å². The van der Waals surface area contributed by atoms with Gasteiger partial charge in [-0.15, -0.1) is 0 Å². The van der Waals surface area contributed by atoms with Crippen LogP contribution in [0.1, 0.15) is 6.92 Å². The van der Waals surface area contributed by atoms with Gasteiger partial charge in [-0.05, 0) is 6.92 Å². The van der Waals surface area contributed by atoms with Gasteiger partial charge in [0.15, 0.2) is 6.04 Å². The van der Waals surface area contributed by atoms with Gasteiger partial charge in [0.05, 0.1) is 6.61 Å². The molecular formula is C9H16N2O4. The fourth-order valence-corrected chi connectivity index (χ4v) is 0.921. The van der Waals surface area contributed by atoms with Crippen LogP contribution in [0.2, 0.25) is 0 Å². The van der Waals surface area contributed by atoms with E-state index in [0.717, 1.165) is 5.57 Å². The Labute approximate surface area is 88.2 Å². The Bertz CT molecular complexity index is 265. The number of aliphatic hydroxyl groups excluding tert-OH is 1. The van der Waals surface area contributed by atoms with Gasteiger partial charge in [-0.1, -0.05) is 12.2 Å². The van der Waals surface area contributed by atoms with Crippen LogP contribution in [0, 0.1) is 0 Å². The number of rotatable bonds is 5. The average molecular weight is 216 g/mol. The molecule has 6 nitrogen and oxygen atoms in total. The highest BCUT2D eigenvalue weighted by atomic mass is 16.4. The second kappa shape index (κ2) is 6.02. The quantitative estimate of drug-likeness (QED) is 0.548. The summed E-state index contributed by atoms with van der Waals surface area (Å²) in [5, 5.41) is 19.4. The van der Waals surface area contributed by atoms with Crippen LogP contribution >= 0.6 is 0 Å². The molecule has 1 atom stereocenters. The summed E-state index contributed by atoms with van der Waals surface area (Å²) in [6.45, 7) is 5.08. The number of nitrogens with one attached hydrogen (secondary N) is 1. The van der Waals surface area contributed by atoms with E-state index in [1.807, 2.05) is 0 Å². The van der Waals surface area contributed by atoms with Crippen LogP contribution in [-0.2, 0) is 4.79 Å². The van der Waals surface area contributed by atoms with Gasteiger partial charge < -0.3 is 20.4 Å². The van der Waals surface area contributed by atoms with Crippen LogP contribution in [0.5, 0.6) is 0 Å². The lowest BCUT2D eigenvalue weighted by atomic mass is 10.3. The molecule has 0 bridgehead atoms. The van der Waals surface area contributed by atoms with E-state index in [0.29, 0.717) is 6.54 Å². The number of amides is 2. The smallest absolute Gasteiger partial charge is 0.328 e. The Morgan fingerprint density at radius 2 is 2.07 bits per heavy atom. The van der Waals surface area contributed by atoms with E-state index in [-0.39, 0.29) is 0 Å². The number of hydrogen-bond acceptors (Lipinski definition) is 3. The Balaban J connectivity index is 4.21. The van der Waals surface area contributed by atoms with Gasteiger partial charge in [-0.25, -0.2) is 9.59 Å². The third kappa shape index (κ3) is 5.02. The molecule has 0 aromatic heterocycles. The molecule has 6 heteroatoms. The molecule has 0 spiro atoms. The van der Waals surface area contributed by atoms with E-state index in [4.69, 9.17) is 10.2 Å². The summed E-state index contributed by atoms with van der Waals surface area (Å²) in [5.41, 5.74) is 0.781. The highest BCUT2D eigenvalue weighted by molar-refractivity contribution is 5.82. The number of carbonyl (C=O) groups excluding carboxylic acids is 1. The largest absolute Gasteiger partial charge is 0.480 e. The minimum atomic E-state index is -1.27. The van der Waals surface area contributed by atoms with E-state index in [1.54, 1.807) is 6.92 Å². The highest BCUT2D eigenvalue weighted by Crippen LogP contribution is 1.94. The molecule has 0 aromatic rings. The maximum absolute atomic E-state index is 11.4. The molecule has 15 heavy (non-hydrogen) atoms. The van der Waals surface area contributed by atoms with Crippen LogP contribution in [0.15, 0.2) is 12.2 Å². The second-order valence-corrected chi connectivity index (χ2v) is 3.34. The van der Waals surface area contributed by atoms with Crippen LogP contribution in [0.25, 0.3) is 0 Å². The second-order valence-electron chi connectivity index (χ2n) is 3.34. The van der Waals surface area contributed by atoms with Gasteiger partial charge in [0, 0.05) is 13.6 Å². The van der Waals surface area contributed by atoms with E-state index >= 15 is 0 Å². The molecule has 0 saturated carbocycles. The van der Waals surface area contributed by atoms with E-state index < -0.39 is 24.6 Å². The first-order chi connectivity index (χ1) is 6.88. The monoisotopic (exact) mass is 216 g/mol. The lowest BCUT2D eigenvalue weighted by Crippen LogP contribution is -2.48. The number of carboxylic acid groups (broad SMARTS) is 1. The zero-order valence-electron chi connectivity index (χ0n) is 8.86. The van der Waals surface area contributed by atoms with E-state index in [1.165, 1.54) is 11.9 Å². The Morgan fingerprint density at radius 1 is 1.53 bits per heavy atom. The third-order valence-corrected chi connectivity index (χ3v) is 1.63. The van der Waals surface area contributed by atoms with Gasteiger partial charge in [-0.2, -0.15) is 0 Å². The minimum Gasteiger partial charge on any atom is -0.480 e. The lowest BCUT2D eigenvalue weighted by molar-refractivity contribution is -0.140. The average Bonchev–Trinajstić information content (AvgIpc) is 2.11. The first-order valence-electron chi connectivity index (χ1n) is 4.38. The number of nitrogens with zero attached hydrogens (tertiary/aromatic N) is 1. The minimum absolute atomic E-state index is 0.337. The van der Waals surface area contributed by atoms with Crippen molar-refractivity contribution in [3.63, 3.8) is 0 Å². The first-order valence-corrected chi connectivity index (χ1v) is 4.38. The van der Waals surface area contributed by atoms with Crippen LogP contribution in [0.4, 0.5) is 4.79 Å². The number of likely N-dealkylation sites (N-methyl/N-ethyl adjacent to an activating group) is 1. The maximum atomic E-state index is 11.4. The van der Waals surface area contributed by atoms with Crippen molar-refractivity contribution in [2.45, 2.75) is 13.0 Å². The van der Waals surface area contributed by atoms with Crippen LogP contribution < -0.4 is 5.32 Å². The third-order valence-electron chi connectivity index (χ3n) is 1.63. The predicted octanol–water partition coefficient (Wildman–Crippen LogP) is -0.351. The van der Waals surface area contributed by atoms with Crippen molar-refractivity contribution in [3.05, 3.63) is 12.2 Å². The molecule has 86 valence electrons. The number of urea groups is 1. The molecule has 0 fully saturated rings. The standard InChI is InChI=1S/C9H16N2O4/c1-6(2)4-11(3)9(15)10-7(5-12)8(13)14/h7,12H,1,4-5H2,2-3H3,(H,10,15)(H,13,14). The Morgan fingerprint density at radius 3 is 2.40 bits per heavy atom. The lowest BCUT2D eigenvalue weighted by Gasteiger charge is -2.20. The zero-order chi connectivity index (χ0) is 12.0. The molecule has 0 saturated heterocycles. The van der Waals surface area contributed by atoms with Crippen molar-refractivity contribution in [3.8, 4) is 0 Å². The van der Waals surface area contributed by atoms with Crippen molar-refractivity contribution in [1.29, 1.82) is 0 Å². The van der Waals surface area contributed by atoms with Crippen molar-refractivity contribution < 1.29 is 19.8 Å². The van der Waals surface area contributed by atoms with Crippen LogP contribution in [-0.4, -0.2) is 53.4 Å². The summed E-state index contributed by atoms with van der Waals surface area (Å²) in [5.74, 6) is -1.27.